The number of amides is 2. The Morgan fingerprint density at radius 3 is 2.55 bits per heavy atom. The number of rotatable bonds is 8. The maximum absolute atomic E-state index is 12.5. The van der Waals surface area contributed by atoms with Gasteiger partial charge in [0.2, 0.25) is 15.9 Å². The maximum Gasteiger partial charge on any atom is 0.266 e. The molecule has 0 spiro atoms. The number of ether oxygens (including phenoxy) is 2. The Morgan fingerprint density at radius 1 is 1.34 bits per heavy atom. The maximum atomic E-state index is 12.5. The smallest absolute Gasteiger partial charge is 0.266 e. The van der Waals surface area contributed by atoms with Crippen LogP contribution in [0.4, 0.5) is 0 Å². The van der Waals surface area contributed by atoms with E-state index in [1.165, 1.54) is 16.7 Å². The van der Waals surface area contributed by atoms with Crippen molar-refractivity contribution in [2.24, 2.45) is 0 Å². The van der Waals surface area contributed by atoms with E-state index in [1.54, 1.807) is 44.4 Å². The number of alkyl halides is 3. The highest BCUT2D eigenvalue weighted by atomic mass is 35.6. The Hall–Kier alpha value is -1.03. The zero-order chi connectivity index (χ0) is 21.6. The summed E-state index contributed by atoms with van der Waals surface area (Å²) in [6.45, 7) is 2.50. The minimum Gasteiger partial charge on any atom is -0.466 e. The lowest BCUT2D eigenvalue weighted by atomic mass is 10.2. The first-order valence-electron chi connectivity index (χ1n) is 8.52. The first kappa shape index (κ1) is 24.2. The lowest BCUT2D eigenvalue weighted by molar-refractivity contribution is -0.123. The number of carbonyl (C=O) groups is 2. The van der Waals surface area contributed by atoms with Crippen LogP contribution in [-0.2, 0) is 14.3 Å². The number of methoxy groups -OCH3 is 1. The molecular weight excluding hydrogens is 479 g/mol. The van der Waals surface area contributed by atoms with E-state index in [-0.39, 0.29) is 18.2 Å². The van der Waals surface area contributed by atoms with Gasteiger partial charge in [0.1, 0.15) is 10.1 Å². The molecule has 0 saturated carbocycles. The van der Waals surface area contributed by atoms with Crippen molar-refractivity contribution >= 4 is 81.0 Å². The van der Waals surface area contributed by atoms with E-state index in [9.17, 15) is 9.59 Å². The van der Waals surface area contributed by atoms with E-state index in [0.717, 1.165) is 5.56 Å². The van der Waals surface area contributed by atoms with E-state index in [4.69, 9.17) is 56.5 Å². The Morgan fingerprint density at radius 2 is 2.00 bits per heavy atom. The van der Waals surface area contributed by atoms with Crippen LogP contribution in [0.3, 0.4) is 0 Å². The number of benzene rings is 1. The highest BCUT2D eigenvalue weighted by molar-refractivity contribution is 8.26. The van der Waals surface area contributed by atoms with Gasteiger partial charge in [-0.15, -0.1) is 0 Å². The van der Waals surface area contributed by atoms with Crippen molar-refractivity contribution in [3.05, 3.63) is 34.7 Å². The topological polar surface area (TPSA) is 67.9 Å². The minimum atomic E-state index is -1.85. The molecule has 11 heteroatoms. The molecule has 1 aliphatic heterocycles. The fraction of sp³-hybridized carbons (Fsp3) is 0.389. The number of hydrogen-bond donors (Lipinski definition) is 1. The minimum absolute atomic E-state index is 0.157. The van der Waals surface area contributed by atoms with Crippen molar-refractivity contribution in [2.45, 2.75) is 23.4 Å². The van der Waals surface area contributed by atoms with Crippen LogP contribution < -0.4 is 10.1 Å². The van der Waals surface area contributed by atoms with Crippen molar-refractivity contribution < 1.29 is 19.1 Å². The van der Waals surface area contributed by atoms with Crippen molar-refractivity contribution in [3.63, 3.8) is 0 Å². The predicted octanol–water partition coefficient (Wildman–Crippen LogP) is 4.14. The van der Waals surface area contributed by atoms with Gasteiger partial charge in [-0.3, -0.25) is 14.5 Å². The van der Waals surface area contributed by atoms with E-state index in [2.05, 4.69) is 5.32 Å². The second kappa shape index (κ2) is 10.8. The molecule has 0 aromatic heterocycles. The summed E-state index contributed by atoms with van der Waals surface area (Å²) in [6.07, 6.45) is 0.811. The summed E-state index contributed by atoms with van der Waals surface area (Å²) in [7, 11) is 1.57. The van der Waals surface area contributed by atoms with Crippen LogP contribution in [0.1, 0.15) is 18.9 Å². The number of thioether (sulfide) groups is 1. The number of hydrogen-bond acceptors (Lipinski definition) is 6. The van der Waals surface area contributed by atoms with Gasteiger partial charge in [0, 0.05) is 13.5 Å². The number of carbonyl (C=O) groups excluding carboxylic acids is 2. The third kappa shape index (κ3) is 7.01. The van der Waals surface area contributed by atoms with Gasteiger partial charge in [0.15, 0.2) is 0 Å². The molecule has 1 N–H and O–H groups in total. The monoisotopic (exact) mass is 496 g/mol. The molecule has 0 unspecified atom stereocenters. The quantitative estimate of drug-likeness (QED) is 0.252. The molecular formula is C18H19Cl3N2O4S2. The van der Waals surface area contributed by atoms with Crippen LogP contribution >= 0.6 is 58.8 Å². The summed E-state index contributed by atoms with van der Waals surface area (Å²) in [4.78, 5) is 26.1. The van der Waals surface area contributed by atoms with Gasteiger partial charge in [0.05, 0.1) is 18.1 Å². The molecule has 29 heavy (non-hydrogen) atoms. The van der Waals surface area contributed by atoms with Crippen molar-refractivity contribution in [1.29, 1.82) is 0 Å². The summed E-state index contributed by atoms with van der Waals surface area (Å²) in [5, 5.41) is 2.51. The predicted molar refractivity (Wildman–Crippen MR) is 121 cm³/mol. The van der Waals surface area contributed by atoms with Crippen LogP contribution in [0.15, 0.2) is 29.2 Å². The van der Waals surface area contributed by atoms with Crippen molar-refractivity contribution in [3.8, 4) is 5.75 Å². The molecule has 158 valence electrons. The summed E-state index contributed by atoms with van der Waals surface area (Å²) < 4.78 is 9.26. The molecule has 1 heterocycles. The summed E-state index contributed by atoms with van der Waals surface area (Å²) in [5.41, 5.74) is 0.771. The van der Waals surface area contributed by atoms with E-state index >= 15 is 0 Å². The van der Waals surface area contributed by atoms with Crippen LogP contribution in [0, 0.1) is 0 Å². The Kier molecular flexibility index (Phi) is 9.06. The molecule has 2 amide bonds. The normalized spacial score (nSPS) is 17.0. The fourth-order valence-electron chi connectivity index (χ4n) is 2.23. The van der Waals surface area contributed by atoms with E-state index < -0.39 is 10.0 Å². The molecule has 0 radical (unpaired) electrons. The highest BCUT2D eigenvalue weighted by Crippen LogP contribution is 2.34. The van der Waals surface area contributed by atoms with Crippen molar-refractivity contribution in [2.75, 3.05) is 20.3 Å². The Bertz CT molecular complexity index is 797. The second-order valence-electron chi connectivity index (χ2n) is 5.86. The van der Waals surface area contributed by atoms with Gasteiger partial charge in [-0.05, 0) is 23.8 Å². The summed E-state index contributed by atoms with van der Waals surface area (Å²) in [6, 6.07) is 6.79. The second-order valence-corrected chi connectivity index (χ2v) is 9.90. The van der Waals surface area contributed by atoms with Gasteiger partial charge in [0.25, 0.3) is 5.91 Å². The standard InChI is InChI=1S/C18H19Cl3N2O4S2/c1-3-14(24)22-16(18(19,20)21)27-12-6-4-11(5-7-12)10-13-15(25)23(8-9-26-2)17(28)29-13/h4-7,10,16H,3,8-9H2,1-2H3,(H,22,24)/b13-10-/t16-/m1/s1. The third-order valence-corrected chi connectivity index (χ3v) is 5.71. The van der Waals surface area contributed by atoms with Crippen molar-refractivity contribution in [1.82, 2.24) is 10.2 Å². The van der Waals surface area contributed by atoms with Gasteiger partial charge >= 0.3 is 0 Å². The zero-order valence-electron chi connectivity index (χ0n) is 15.6. The molecule has 1 saturated heterocycles. The Balaban J connectivity index is 2.10. The lowest BCUT2D eigenvalue weighted by Gasteiger charge is -2.26. The number of nitrogens with one attached hydrogen (secondary N) is 1. The largest absolute Gasteiger partial charge is 0.466 e. The molecule has 1 fully saturated rings. The zero-order valence-corrected chi connectivity index (χ0v) is 19.5. The third-order valence-electron chi connectivity index (χ3n) is 3.73. The average molecular weight is 498 g/mol. The number of thiocarbonyl (C=S) groups is 1. The molecule has 1 aromatic rings. The van der Waals surface area contributed by atoms with Crippen LogP contribution in [0.2, 0.25) is 0 Å². The molecule has 1 atom stereocenters. The molecule has 0 aliphatic carbocycles. The van der Waals surface area contributed by atoms with Gasteiger partial charge in [-0.2, -0.15) is 0 Å². The van der Waals surface area contributed by atoms with Gasteiger partial charge in [-0.1, -0.05) is 77.8 Å². The van der Waals surface area contributed by atoms with Gasteiger partial charge < -0.3 is 14.8 Å². The number of nitrogens with zero attached hydrogens (tertiary/aromatic N) is 1. The fourth-order valence-corrected chi connectivity index (χ4v) is 3.84. The Labute approximate surface area is 193 Å². The summed E-state index contributed by atoms with van der Waals surface area (Å²) >= 11 is 24.2. The highest BCUT2D eigenvalue weighted by Gasteiger charge is 2.36. The van der Waals surface area contributed by atoms with Gasteiger partial charge in [-0.25, -0.2) is 0 Å². The molecule has 1 aromatic carbocycles. The van der Waals surface area contributed by atoms with Crippen LogP contribution in [-0.4, -0.2) is 51.3 Å². The van der Waals surface area contributed by atoms with E-state index in [1.807, 2.05) is 0 Å². The molecule has 6 nitrogen and oxygen atoms in total. The summed E-state index contributed by atoms with van der Waals surface area (Å²) in [5.74, 6) is -0.0770. The SMILES string of the molecule is CCC(=O)N[C@H](Oc1ccc(/C=C2\SC(=S)N(CCOC)C2=O)cc1)C(Cl)(Cl)Cl. The molecule has 0 bridgehead atoms. The average Bonchev–Trinajstić information content (AvgIpc) is 2.93. The first-order valence-corrected chi connectivity index (χ1v) is 10.9. The van der Waals surface area contributed by atoms with Crippen LogP contribution in [0.25, 0.3) is 6.08 Å². The lowest BCUT2D eigenvalue weighted by Crippen LogP contribution is -2.47. The number of halogens is 3. The van der Waals surface area contributed by atoms with E-state index in [0.29, 0.717) is 28.1 Å². The first-order chi connectivity index (χ1) is 13.7. The van der Waals surface area contributed by atoms with Crippen LogP contribution in [0.5, 0.6) is 5.75 Å². The molecule has 1 aliphatic rings. The molecule has 2 rings (SSSR count).